The van der Waals surface area contributed by atoms with Crippen molar-refractivity contribution in [1.82, 2.24) is 9.78 Å². The van der Waals surface area contributed by atoms with E-state index in [1.54, 1.807) is 6.07 Å². The molecule has 0 aliphatic rings. The van der Waals surface area contributed by atoms with Gasteiger partial charge in [0.2, 0.25) is 0 Å². The van der Waals surface area contributed by atoms with E-state index in [-0.39, 0.29) is 5.92 Å². The third kappa shape index (κ3) is 2.74. The van der Waals surface area contributed by atoms with Gasteiger partial charge >= 0.3 is 0 Å². The second-order valence-electron chi connectivity index (χ2n) is 6.26. The number of para-hydroxylation sites is 1. The maximum absolute atomic E-state index is 10.3. The molecule has 2 aromatic carbocycles. The molecule has 0 radical (unpaired) electrons. The largest absolute Gasteiger partial charge is 0.507 e. The average molecular weight is 306 g/mol. The normalized spacial score (nSPS) is 11.2. The summed E-state index contributed by atoms with van der Waals surface area (Å²) in [5.41, 5.74) is 6.18. The number of aromatic hydroxyl groups is 1. The van der Waals surface area contributed by atoms with Crippen LogP contribution in [0.25, 0.3) is 16.8 Å². The van der Waals surface area contributed by atoms with Gasteiger partial charge in [-0.1, -0.05) is 49.7 Å². The van der Waals surface area contributed by atoms with Crippen LogP contribution in [-0.4, -0.2) is 14.9 Å². The lowest BCUT2D eigenvalue weighted by atomic mass is 9.96. The Kier molecular flexibility index (Phi) is 3.95. The third-order valence-electron chi connectivity index (χ3n) is 4.09. The van der Waals surface area contributed by atoms with Crippen molar-refractivity contribution in [3.05, 3.63) is 65.5 Å². The molecule has 0 saturated heterocycles. The van der Waals surface area contributed by atoms with Gasteiger partial charge in [-0.25, -0.2) is 4.68 Å². The van der Waals surface area contributed by atoms with Crippen LogP contribution in [-0.2, 0) is 0 Å². The molecule has 3 heteroatoms. The highest BCUT2D eigenvalue weighted by molar-refractivity contribution is 5.75. The minimum absolute atomic E-state index is 0.284. The van der Waals surface area contributed by atoms with Crippen LogP contribution < -0.4 is 0 Å². The van der Waals surface area contributed by atoms with E-state index in [0.29, 0.717) is 5.75 Å². The number of aromatic nitrogens is 2. The van der Waals surface area contributed by atoms with Crippen LogP contribution in [0.4, 0.5) is 0 Å². The van der Waals surface area contributed by atoms with Gasteiger partial charge in [0.25, 0.3) is 0 Å². The van der Waals surface area contributed by atoms with Crippen LogP contribution in [0.1, 0.15) is 36.7 Å². The first-order valence-corrected chi connectivity index (χ1v) is 7.94. The quantitative estimate of drug-likeness (QED) is 0.740. The highest BCUT2D eigenvalue weighted by Crippen LogP contribution is 2.38. The minimum atomic E-state index is 0.284. The Morgan fingerprint density at radius 1 is 0.957 bits per heavy atom. The fourth-order valence-electron chi connectivity index (χ4n) is 2.98. The summed E-state index contributed by atoms with van der Waals surface area (Å²) >= 11 is 0. The molecule has 0 aliphatic heterocycles. The maximum Gasteiger partial charge on any atom is 0.123 e. The standard InChI is InChI=1S/C20H22N2O/c1-13(2)20-19(17-7-5-6-8-18(17)23)15(4)21-22(20)16-11-9-14(3)10-12-16/h5-13,23H,1-4H3. The van der Waals surface area contributed by atoms with E-state index < -0.39 is 0 Å². The highest BCUT2D eigenvalue weighted by atomic mass is 16.3. The maximum atomic E-state index is 10.3. The number of phenolic OH excluding ortho intramolecular Hbond substituents is 1. The van der Waals surface area contributed by atoms with Crippen LogP contribution >= 0.6 is 0 Å². The molecule has 3 rings (SSSR count). The molecule has 0 spiro atoms. The SMILES string of the molecule is Cc1ccc(-n2nc(C)c(-c3ccccc3O)c2C(C)C)cc1. The van der Waals surface area contributed by atoms with Crippen molar-refractivity contribution in [3.8, 4) is 22.6 Å². The number of benzene rings is 2. The number of hydrogen-bond donors (Lipinski definition) is 1. The average Bonchev–Trinajstić information content (AvgIpc) is 2.86. The molecule has 3 nitrogen and oxygen atoms in total. The second kappa shape index (κ2) is 5.92. The van der Waals surface area contributed by atoms with Crippen LogP contribution in [0.5, 0.6) is 5.75 Å². The van der Waals surface area contributed by atoms with Gasteiger partial charge in [0, 0.05) is 11.1 Å². The predicted molar refractivity (Wildman–Crippen MR) is 94.2 cm³/mol. The van der Waals surface area contributed by atoms with Crippen molar-refractivity contribution < 1.29 is 5.11 Å². The molecule has 0 amide bonds. The first-order valence-electron chi connectivity index (χ1n) is 7.94. The lowest BCUT2D eigenvalue weighted by Crippen LogP contribution is -2.04. The Morgan fingerprint density at radius 3 is 2.22 bits per heavy atom. The van der Waals surface area contributed by atoms with Crippen molar-refractivity contribution in [2.24, 2.45) is 0 Å². The van der Waals surface area contributed by atoms with E-state index in [9.17, 15) is 5.11 Å². The zero-order valence-electron chi connectivity index (χ0n) is 14.0. The van der Waals surface area contributed by atoms with E-state index in [4.69, 9.17) is 5.10 Å². The molecular weight excluding hydrogens is 284 g/mol. The molecule has 1 aromatic heterocycles. The van der Waals surface area contributed by atoms with Crippen LogP contribution in [0, 0.1) is 13.8 Å². The number of nitrogens with zero attached hydrogens (tertiary/aromatic N) is 2. The van der Waals surface area contributed by atoms with Crippen LogP contribution in [0.15, 0.2) is 48.5 Å². The van der Waals surface area contributed by atoms with Gasteiger partial charge in [0.1, 0.15) is 5.75 Å². The Balaban J connectivity index is 2.26. The van der Waals surface area contributed by atoms with Crippen molar-refractivity contribution in [2.75, 3.05) is 0 Å². The molecule has 118 valence electrons. The Bertz CT molecular complexity index is 829. The zero-order valence-corrected chi connectivity index (χ0v) is 14.0. The monoisotopic (exact) mass is 306 g/mol. The third-order valence-corrected chi connectivity index (χ3v) is 4.09. The van der Waals surface area contributed by atoms with Crippen LogP contribution in [0.2, 0.25) is 0 Å². The van der Waals surface area contributed by atoms with E-state index >= 15 is 0 Å². The molecule has 0 atom stereocenters. The van der Waals surface area contributed by atoms with Gasteiger partial charge in [-0.15, -0.1) is 0 Å². The van der Waals surface area contributed by atoms with Crippen molar-refractivity contribution in [1.29, 1.82) is 0 Å². The summed E-state index contributed by atoms with van der Waals surface area (Å²) in [6, 6.07) is 15.8. The Labute approximate surface area is 137 Å². The molecule has 0 bridgehead atoms. The van der Waals surface area contributed by atoms with Crippen molar-refractivity contribution in [3.63, 3.8) is 0 Å². The van der Waals surface area contributed by atoms with Gasteiger partial charge in [-0.05, 0) is 38.0 Å². The Hall–Kier alpha value is -2.55. The van der Waals surface area contributed by atoms with E-state index in [0.717, 1.165) is 28.2 Å². The van der Waals surface area contributed by atoms with Gasteiger partial charge < -0.3 is 5.11 Å². The van der Waals surface area contributed by atoms with Crippen LogP contribution in [0.3, 0.4) is 0 Å². The minimum Gasteiger partial charge on any atom is -0.507 e. The van der Waals surface area contributed by atoms with Gasteiger partial charge in [0.15, 0.2) is 0 Å². The van der Waals surface area contributed by atoms with Crippen molar-refractivity contribution in [2.45, 2.75) is 33.6 Å². The fourth-order valence-corrected chi connectivity index (χ4v) is 2.98. The topological polar surface area (TPSA) is 38.0 Å². The zero-order chi connectivity index (χ0) is 16.6. The molecule has 0 unspecified atom stereocenters. The number of rotatable bonds is 3. The summed E-state index contributed by atoms with van der Waals surface area (Å²) in [6.45, 7) is 8.39. The lowest BCUT2D eigenvalue weighted by Gasteiger charge is -2.14. The molecule has 0 aliphatic carbocycles. The second-order valence-corrected chi connectivity index (χ2v) is 6.26. The first-order chi connectivity index (χ1) is 11.0. The van der Waals surface area contributed by atoms with Gasteiger partial charge in [0.05, 0.1) is 17.1 Å². The number of aryl methyl sites for hydroxylation is 2. The van der Waals surface area contributed by atoms with E-state index in [2.05, 4.69) is 45.0 Å². The van der Waals surface area contributed by atoms with E-state index in [1.807, 2.05) is 29.8 Å². The number of hydrogen-bond acceptors (Lipinski definition) is 2. The predicted octanol–water partition coefficient (Wildman–Crippen LogP) is 4.99. The summed E-state index contributed by atoms with van der Waals surface area (Å²) in [4.78, 5) is 0. The van der Waals surface area contributed by atoms with Crippen molar-refractivity contribution >= 4 is 0 Å². The van der Waals surface area contributed by atoms with E-state index in [1.165, 1.54) is 5.56 Å². The summed E-state index contributed by atoms with van der Waals surface area (Å²) in [6.07, 6.45) is 0. The molecule has 1 N–H and O–H groups in total. The molecular formula is C20H22N2O. The molecule has 3 aromatic rings. The summed E-state index contributed by atoms with van der Waals surface area (Å²) in [5, 5.41) is 15.0. The fraction of sp³-hybridized carbons (Fsp3) is 0.250. The molecule has 0 saturated carbocycles. The summed E-state index contributed by atoms with van der Waals surface area (Å²) in [5.74, 6) is 0.577. The smallest absolute Gasteiger partial charge is 0.123 e. The highest BCUT2D eigenvalue weighted by Gasteiger charge is 2.22. The molecule has 0 fully saturated rings. The van der Waals surface area contributed by atoms with Gasteiger partial charge in [-0.2, -0.15) is 5.10 Å². The number of phenols is 1. The lowest BCUT2D eigenvalue weighted by molar-refractivity contribution is 0.477. The Morgan fingerprint density at radius 2 is 1.61 bits per heavy atom. The summed E-state index contributed by atoms with van der Waals surface area (Å²) < 4.78 is 2.00. The summed E-state index contributed by atoms with van der Waals surface area (Å²) in [7, 11) is 0. The van der Waals surface area contributed by atoms with Gasteiger partial charge in [-0.3, -0.25) is 0 Å². The first kappa shape index (κ1) is 15.3. The molecule has 1 heterocycles. The molecule has 23 heavy (non-hydrogen) atoms.